The highest BCUT2D eigenvalue weighted by Gasteiger charge is 3.07. The van der Waals surface area contributed by atoms with E-state index in [0.717, 1.165) is 25.7 Å². The van der Waals surface area contributed by atoms with Gasteiger partial charge < -0.3 is 9.47 Å². The second-order valence-corrected chi connectivity index (χ2v) is 7.96. The van der Waals surface area contributed by atoms with Crippen molar-refractivity contribution in [3.05, 3.63) is 0 Å². The van der Waals surface area contributed by atoms with Crippen LogP contribution in [0.4, 0.5) is 0 Å². The Kier molecular flexibility index (Phi) is 1.48. The maximum absolute atomic E-state index is 12.5. The van der Waals surface area contributed by atoms with Crippen molar-refractivity contribution in [2.24, 2.45) is 33.5 Å². The third kappa shape index (κ3) is 0.700. The van der Waals surface area contributed by atoms with Crippen molar-refractivity contribution in [1.29, 1.82) is 0 Å². The summed E-state index contributed by atoms with van der Waals surface area (Å²) in [6, 6.07) is 0. The van der Waals surface area contributed by atoms with Crippen LogP contribution in [0.15, 0.2) is 0 Å². The molecule has 0 N–H and O–H groups in total. The van der Waals surface area contributed by atoms with E-state index in [0.29, 0.717) is 12.8 Å². The summed E-state index contributed by atoms with van der Waals surface area (Å²) in [7, 11) is 0. The first-order valence-electron chi connectivity index (χ1n) is 8.02. The third-order valence-corrected chi connectivity index (χ3v) is 7.92. The number of carbonyl (C=O) groups is 4. The van der Waals surface area contributed by atoms with Gasteiger partial charge in [-0.3, -0.25) is 19.2 Å². The Morgan fingerprint density at radius 3 is 1.50 bits per heavy atom. The topological polar surface area (TPSA) is 86.7 Å². The first kappa shape index (κ1) is 11.8. The second kappa shape index (κ2) is 2.76. The number of hydrogen-bond donors (Lipinski definition) is 0. The number of cyclic esters (lactones) is 4. The molecule has 4 aliphatic carbocycles. The lowest BCUT2D eigenvalue weighted by Gasteiger charge is -2.43. The number of ether oxygens (including phenoxy) is 2. The van der Waals surface area contributed by atoms with E-state index in [1.807, 2.05) is 0 Å². The molecule has 0 radical (unpaired) electrons. The molecule has 114 valence electrons. The minimum absolute atomic E-state index is 0.0192. The average Bonchev–Trinajstić information content (AvgIpc) is 3.34. The van der Waals surface area contributed by atoms with Crippen LogP contribution < -0.4 is 0 Å². The van der Waals surface area contributed by atoms with Crippen LogP contribution in [-0.4, -0.2) is 23.9 Å². The molecule has 0 aromatic heterocycles. The predicted molar refractivity (Wildman–Crippen MR) is 66.6 cm³/mol. The van der Waals surface area contributed by atoms with Crippen molar-refractivity contribution in [2.45, 2.75) is 38.5 Å². The van der Waals surface area contributed by atoms with Crippen molar-refractivity contribution < 1.29 is 28.7 Å². The third-order valence-electron chi connectivity index (χ3n) is 7.92. The van der Waals surface area contributed by atoms with Crippen LogP contribution in [0.3, 0.4) is 0 Å². The molecule has 2 saturated heterocycles. The zero-order chi connectivity index (χ0) is 15.1. The van der Waals surface area contributed by atoms with E-state index < -0.39 is 45.5 Å². The molecule has 0 spiro atoms. The van der Waals surface area contributed by atoms with Crippen molar-refractivity contribution in [1.82, 2.24) is 0 Å². The fourth-order valence-corrected chi connectivity index (χ4v) is 7.19. The minimum atomic E-state index is -1.10. The molecule has 6 fully saturated rings. The largest absolute Gasteiger partial charge is 0.392 e. The molecule has 6 heteroatoms. The van der Waals surface area contributed by atoms with Gasteiger partial charge in [-0.1, -0.05) is 12.8 Å². The lowest BCUT2D eigenvalue weighted by molar-refractivity contribution is -0.165. The summed E-state index contributed by atoms with van der Waals surface area (Å²) < 4.78 is 9.97. The number of hydrogen-bond acceptors (Lipinski definition) is 6. The molecule has 6 aliphatic rings. The van der Waals surface area contributed by atoms with E-state index in [9.17, 15) is 19.2 Å². The summed E-state index contributed by atoms with van der Waals surface area (Å²) in [4.78, 5) is 50.0. The highest BCUT2D eigenvalue weighted by atomic mass is 16.6. The van der Waals surface area contributed by atoms with E-state index in [-0.39, 0.29) is 11.8 Å². The predicted octanol–water partition coefficient (Wildman–Crippen LogP) is 0.726. The molecule has 0 bridgehead atoms. The maximum atomic E-state index is 12.5. The van der Waals surface area contributed by atoms with Crippen LogP contribution in [0.1, 0.15) is 38.5 Å². The molecule has 2 heterocycles. The molecule has 0 aromatic rings. The fraction of sp³-hybridized carbons (Fsp3) is 0.750. The zero-order valence-corrected chi connectivity index (χ0v) is 11.8. The molecule has 4 saturated carbocycles. The first-order chi connectivity index (χ1) is 10.5. The highest BCUT2D eigenvalue weighted by Crippen LogP contribution is 2.97. The Labute approximate surface area is 125 Å². The SMILES string of the molecule is O=C1OC(=O)C23CC12C1CCCCC1C12CC13C(=O)OC2=O. The molecular formula is C16H14O6. The van der Waals surface area contributed by atoms with Gasteiger partial charge in [-0.25, -0.2) is 0 Å². The Balaban J connectivity index is 1.68. The smallest absolute Gasteiger partial charge is 0.322 e. The lowest BCUT2D eigenvalue weighted by Crippen LogP contribution is -2.50. The number of esters is 4. The van der Waals surface area contributed by atoms with Crippen LogP contribution >= 0.6 is 0 Å². The maximum Gasteiger partial charge on any atom is 0.322 e. The molecule has 6 nitrogen and oxygen atoms in total. The number of fused-ring (bicyclic) bond motifs is 1. The highest BCUT2D eigenvalue weighted by molar-refractivity contribution is 6.18. The average molecular weight is 302 g/mol. The summed E-state index contributed by atoms with van der Waals surface area (Å²) in [5.74, 6) is -2.14. The number of rotatable bonds is 0. The van der Waals surface area contributed by atoms with Gasteiger partial charge in [-0.15, -0.1) is 0 Å². The van der Waals surface area contributed by atoms with Crippen molar-refractivity contribution in [3.8, 4) is 0 Å². The Bertz CT molecular complexity index is 679. The van der Waals surface area contributed by atoms with Crippen LogP contribution in [-0.2, 0) is 28.7 Å². The molecule has 6 unspecified atom stereocenters. The standard InChI is InChI=1S/C16H14O6/c17-9-13-5-15(13,11(19)21-9)16-6-14(16,10(18)22-12(16)20)8-4-2-1-3-7(8)13/h7-8H,1-6H2. The van der Waals surface area contributed by atoms with E-state index in [1.54, 1.807) is 0 Å². The monoisotopic (exact) mass is 302 g/mol. The van der Waals surface area contributed by atoms with Gasteiger partial charge in [0.2, 0.25) is 0 Å². The summed E-state index contributed by atoms with van der Waals surface area (Å²) in [5, 5.41) is 0. The van der Waals surface area contributed by atoms with Gasteiger partial charge in [-0.2, -0.15) is 0 Å². The summed E-state index contributed by atoms with van der Waals surface area (Å²) in [5.41, 5.74) is -3.89. The van der Waals surface area contributed by atoms with Crippen LogP contribution in [0.25, 0.3) is 0 Å². The lowest BCUT2D eigenvalue weighted by atomic mass is 9.54. The van der Waals surface area contributed by atoms with Gasteiger partial charge in [0.05, 0.1) is 10.8 Å². The molecule has 6 rings (SSSR count). The van der Waals surface area contributed by atoms with Crippen LogP contribution in [0.2, 0.25) is 0 Å². The number of carbonyl (C=O) groups excluding carboxylic acids is 4. The molecule has 22 heavy (non-hydrogen) atoms. The zero-order valence-electron chi connectivity index (χ0n) is 11.8. The first-order valence-corrected chi connectivity index (χ1v) is 8.02. The van der Waals surface area contributed by atoms with Crippen molar-refractivity contribution in [3.63, 3.8) is 0 Å². The van der Waals surface area contributed by atoms with Crippen LogP contribution in [0.5, 0.6) is 0 Å². The van der Waals surface area contributed by atoms with Gasteiger partial charge >= 0.3 is 23.9 Å². The summed E-state index contributed by atoms with van der Waals surface area (Å²) >= 11 is 0. The van der Waals surface area contributed by atoms with Gasteiger partial charge in [0.25, 0.3) is 0 Å². The van der Waals surface area contributed by atoms with E-state index >= 15 is 0 Å². The van der Waals surface area contributed by atoms with Gasteiger partial charge in [0, 0.05) is 0 Å². The normalized spacial score (nSPS) is 59.6. The quantitative estimate of drug-likeness (QED) is 0.484. The minimum Gasteiger partial charge on any atom is -0.392 e. The Hall–Kier alpha value is -1.72. The van der Waals surface area contributed by atoms with Crippen molar-refractivity contribution >= 4 is 23.9 Å². The molecule has 2 aliphatic heterocycles. The fourth-order valence-electron chi connectivity index (χ4n) is 7.19. The van der Waals surface area contributed by atoms with Gasteiger partial charge in [-0.05, 0) is 37.5 Å². The molecule has 0 aromatic carbocycles. The summed E-state index contributed by atoms with van der Waals surface area (Å²) in [6.45, 7) is 0. The van der Waals surface area contributed by atoms with Crippen LogP contribution in [0, 0.1) is 33.5 Å². The van der Waals surface area contributed by atoms with Gasteiger partial charge in [0.1, 0.15) is 10.8 Å². The molecular weight excluding hydrogens is 288 g/mol. The Morgan fingerprint density at radius 1 is 0.682 bits per heavy atom. The van der Waals surface area contributed by atoms with Gasteiger partial charge in [0.15, 0.2) is 0 Å². The summed E-state index contributed by atoms with van der Waals surface area (Å²) in [6.07, 6.45) is 4.40. The van der Waals surface area contributed by atoms with E-state index in [2.05, 4.69) is 0 Å². The second-order valence-electron chi connectivity index (χ2n) is 7.96. The van der Waals surface area contributed by atoms with E-state index in [4.69, 9.17) is 9.47 Å². The van der Waals surface area contributed by atoms with E-state index in [1.165, 1.54) is 0 Å². The van der Waals surface area contributed by atoms with Crippen molar-refractivity contribution in [2.75, 3.05) is 0 Å². The molecule has 0 amide bonds. The Morgan fingerprint density at radius 2 is 1.09 bits per heavy atom. The molecule has 6 atom stereocenters.